The second-order valence-electron chi connectivity index (χ2n) is 7.79. The van der Waals surface area contributed by atoms with Crippen molar-refractivity contribution in [1.82, 2.24) is 15.2 Å². The fraction of sp³-hybridized carbons (Fsp3) is 0.476. The summed E-state index contributed by atoms with van der Waals surface area (Å²) in [7, 11) is 1.95. The van der Waals surface area contributed by atoms with E-state index in [1.54, 1.807) is 6.20 Å². The van der Waals surface area contributed by atoms with Crippen LogP contribution in [-0.4, -0.2) is 40.6 Å². The van der Waals surface area contributed by atoms with Crippen LogP contribution in [0.3, 0.4) is 0 Å². The van der Waals surface area contributed by atoms with Crippen LogP contribution in [0, 0.1) is 0 Å². The molecule has 0 saturated heterocycles. The Kier molecular flexibility index (Phi) is 6.35. The standard InChI is InChI=1S/C21H30N4O/c1-15(18-11-7-8-13-22-18)23-19-12-9-10-17(19)16(2)25(6)14-20(26)24-21(3,4)5/h7-8,11,13H,1,9-10,12,14H2,2-6H3,(H,24,26)/b17-16+,23-19?. The zero-order chi connectivity index (χ0) is 19.3. The van der Waals surface area contributed by atoms with Gasteiger partial charge in [0.15, 0.2) is 0 Å². The number of carbonyl (C=O) groups excluding carboxylic acids is 1. The first-order valence-electron chi connectivity index (χ1n) is 9.07. The van der Waals surface area contributed by atoms with Crippen molar-refractivity contribution in [2.24, 2.45) is 4.99 Å². The molecule has 1 fully saturated rings. The quantitative estimate of drug-likeness (QED) is 0.875. The molecule has 5 nitrogen and oxygen atoms in total. The van der Waals surface area contributed by atoms with Gasteiger partial charge in [0, 0.05) is 30.2 Å². The fourth-order valence-electron chi connectivity index (χ4n) is 3.02. The second kappa shape index (κ2) is 8.30. The topological polar surface area (TPSA) is 57.6 Å². The number of rotatable bonds is 5. The fourth-order valence-corrected chi connectivity index (χ4v) is 3.02. The Morgan fingerprint density at radius 3 is 2.69 bits per heavy atom. The van der Waals surface area contributed by atoms with Crippen LogP contribution < -0.4 is 5.32 Å². The lowest BCUT2D eigenvalue weighted by Gasteiger charge is -2.25. The largest absolute Gasteiger partial charge is 0.369 e. The first-order valence-corrected chi connectivity index (χ1v) is 9.07. The Hall–Kier alpha value is -2.43. The Morgan fingerprint density at radius 1 is 1.35 bits per heavy atom. The molecule has 1 aromatic heterocycles. The van der Waals surface area contributed by atoms with Crippen LogP contribution in [0.25, 0.3) is 5.70 Å². The minimum absolute atomic E-state index is 0.0225. The number of nitrogens with one attached hydrogen (secondary N) is 1. The molecule has 0 spiro atoms. The summed E-state index contributed by atoms with van der Waals surface area (Å²) < 4.78 is 0. The molecule has 0 aromatic carbocycles. The third-order valence-electron chi connectivity index (χ3n) is 4.32. The molecular weight excluding hydrogens is 324 g/mol. The maximum absolute atomic E-state index is 12.2. The number of aromatic nitrogens is 1. The normalized spacial score (nSPS) is 18.0. The number of allylic oxidation sites excluding steroid dienone is 2. The molecule has 1 N–H and O–H groups in total. The molecule has 0 bridgehead atoms. The molecule has 26 heavy (non-hydrogen) atoms. The summed E-state index contributed by atoms with van der Waals surface area (Å²) in [5.41, 5.74) is 4.62. The molecule has 0 atom stereocenters. The smallest absolute Gasteiger partial charge is 0.239 e. The minimum Gasteiger partial charge on any atom is -0.369 e. The number of pyridine rings is 1. The summed E-state index contributed by atoms with van der Waals surface area (Å²) in [4.78, 5) is 23.3. The van der Waals surface area contributed by atoms with Crippen molar-refractivity contribution in [2.45, 2.75) is 52.5 Å². The molecule has 1 heterocycles. The maximum Gasteiger partial charge on any atom is 0.239 e. The highest BCUT2D eigenvalue weighted by molar-refractivity contribution is 6.05. The highest BCUT2D eigenvalue weighted by Crippen LogP contribution is 2.28. The average Bonchev–Trinajstić information content (AvgIpc) is 3.01. The molecule has 1 amide bonds. The van der Waals surface area contributed by atoms with Gasteiger partial charge in [-0.15, -0.1) is 0 Å². The van der Waals surface area contributed by atoms with Crippen molar-refractivity contribution >= 4 is 17.3 Å². The monoisotopic (exact) mass is 354 g/mol. The summed E-state index contributed by atoms with van der Waals surface area (Å²) in [6.07, 6.45) is 4.73. The van der Waals surface area contributed by atoms with Gasteiger partial charge in [-0.05, 0) is 64.7 Å². The highest BCUT2D eigenvalue weighted by atomic mass is 16.2. The molecule has 1 aromatic rings. The van der Waals surface area contributed by atoms with Crippen LogP contribution in [0.1, 0.15) is 52.7 Å². The van der Waals surface area contributed by atoms with E-state index in [0.717, 1.165) is 36.4 Å². The molecular formula is C21H30N4O. The maximum atomic E-state index is 12.2. The van der Waals surface area contributed by atoms with E-state index in [0.29, 0.717) is 12.2 Å². The van der Waals surface area contributed by atoms with Crippen LogP contribution in [0.2, 0.25) is 0 Å². The van der Waals surface area contributed by atoms with E-state index >= 15 is 0 Å². The Bertz CT molecular complexity index is 726. The molecule has 1 aliphatic rings. The Labute approximate surface area is 156 Å². The average molecular weight is 354 g/mol. The zero-order valence-electron chi connectivity index (χ0n) is 16.6. The van der Waals surface area contributed by atoms with E-state index in [4.69, 9.17) is 4.99 Å². The van der Waals surface area contributed by atoms with E-state index in [9.17, 15) is 4.79 Å². The van der Waals surface area contributed by atoms with Crippen LogP contribution >= 0.6 is 0 Å². The molecule has 1 aliphatic carbocycles. The second-order valence-corrected chi connectivity index (χ2v) is 7.79. The number of amides is 1. The van der Waals surface area contributed by atoms with Crippen molar-refractivity contribution in [1.29, 1.82) is 0 Å². The van der Waals surface area contributed by atoms with E-state index in [-0.39, 0.29) is 11.4 Å². The van der Waals surface area contributed by atoms with Gasteiger partial charge in [-0.3, -0.25) is 14.8 Å². The molecule has 140 valence electrons. The van der Waals surface area contributed by atoms with Gasteiger partial charge in [0.25, 0.3) is 0 Å². The van der Waals surface area contributed by atoms with Gasteiger partial charge in [-0.2, -0.15) is 0 Å². The third kappa shape index (κ3) is 5.55. The number of likely N-dealkylation sites (N-methyl/N-ethyl adjacent to an activating group) is 1. The summed E-state index contributed by atoms with van der Waals surface area (Å²) >= 11 is 0. The summed E-state index contributed by atoms with van der Waals surface area (Å²) in [6, 6.07) is 5.74. The number of hydrogen-bond acceptors (Lipinski definition) is 4. The van der Waals surface area contributed by atoms with Crippen LogP contribution in [0.4, 0.5) is 0 Å². The first-order chi connectivity index (χ1) is 12.2. The van der Waals surface area contributed by atoms with E-state index in [1.807, 2.05) is 50.9 Å². The van der Waals surface area contributed by atoms with Crippen molar-refractivity contribution < 1.29 is 4.79 Å². The van der Waals surface area contributed by atoms with Crippen LogP contribution in [-0.2, 0) is 4.79 Å². The van der Waals surface area contributed by atoms with Gasteiger partial charge in [-0.1, -0.05) is 12.6 Å². The van der Waals surface area contributed by atoms with Gasteiger partial charge in [0.1, 0.15) is 0 Å². The summed E-state index contributed by atoms with van der Waals surface area (Å²) in [5.74, 6) is 0.0225. The van der Waals surface area contributed by atoms with Crippen molar-refractivity contribution in [3.63, 3.8) is 0 Å². The van der Waals surface area contributed by atoms with Gasteiger partial charge >= 0.3 is 0 Å². The lowest BCUT2D eigenvalue weighted by molar-refractivity contribution is -0.123. The molecule has 1 saturated carbocycles. The van der Waals surface area contributed by atoms with Gasteiger partial charge in [0.05, 0.1) is 17.9 Å². The zero-order valence-corrected chi connectivity index (χ0v) is 16.6. The molecule has 0 unspecified atom stereocenters. The lowest BCUT2D eigenvalue weighted by Crippen LogP contribution is -2.45. The van der Waals surface area contributed by atoms with Gasteiger partial charge in [0.2, 0.25) is 5.91 Å². The van der Waals surface area contributed by atoms with Crippen LogP contribution in [0.5, 0.6) is 0 Å². The predicted molar refractivity (Wildman–Crippen MR) is 108 cm³/mol. The van der Waals surface area contributed by atoms with Crippen molar-refractivity contribution in [2.75, 3.05) is 13.6 Å². The number of nitrogens with zero attached hydrogens (tertiary/aromatic N) is 3. The van der Waals surface area contributed by atoms with Gasteiger partial charge < -0.3 is 10.2 Å². The number of carbonyl (C=O) groups is 1. The SMILES string of the molecule is C=C(N=C1CCC/C1=C(/C)N(C)CC(=O)NC(C)(C)C)c1ccccn1. The predicted octanol–water partition coefficient (Wildman–Crippen LogP) is 3.80. The molecule has 0 radical (unpaired) electrons. The molecule has 2 rings (SSSR count). The highest BCUT2D eigenvalue weighted by Gasteiger charge is 2.22. The van der Waals surface area contributed by atoms with Crippen molar-refractivity contribution in [3.05, 3.63) is 47.9 Å². The first kappa shape index (κ1) is 19.9. The van der Waals surface area contributed by atoms with Gasteiger partial charge in [-0.25, -0.2) is 0 Å². The van der Waals surface area contributed by atoms with E-state index in [1.165, 1.54) is 5.57 Å². The summed E-state index contributed by atoms with van der Waals surface area (Å²) in [5, 5.41) is 3.00. The Morgan fingerprint density at radius 2 is 2.08 bits per heavy atom. The molecule has 0 aliphatic heterocycles. The number of aliphatic imine (C=N–C) groups is 1. The number of hydrogen-bond donors (Lipinski definition) is 1. The van der Waals surface area contributed by atoms with Crippen LogP contribution in [0.15, 0.2) is 47.2 Å². The van der Waals surface area contributed by atoms with Crippen molar-refractivity contribution in [3.8, 4) is 0 Å². The Balaban J connectivity index is 2.15. The van der Waals surface area contributed by atoms with E-state index < -0.39 is 0 Å². The van der Waals surface area contributed by atoms with E-state index in [2.05, 4.69) is 23.8 Å². The minimum atomic E-state index is -0.223. The molecule has 5 heteroatoms. The lowest BCUT2D eigenvalue weighted by atomic mass is 10.1. The third-order valence-corrected chi connectivity index (χ3v) is 4.32. The summed E-state index contributed by atoms with van der Waals surface area (Å²) in [6.45, 7) is 12.4.